The van der Waals surface area contributed by atoms with Crippen LogP contribution in [0.4, 0.5) is 11.5 Å². The number of aryl methyl sites for hydroxylation is 1. The van der Waals surface area contributed by atoms with Crippen LogP contribution in [0.15, 0.2) is 47.6 Å². The van der Waals surface area contributed by atoms with E-state index in [0.29, 0.717) is 11.8 Å². The van der Waals surface area contributed by atoms with Crippen LogP contribution < -0.4 is 11.1 Å². The molecule has 0 aliphatic heterocycles. The van der Waals surface area contributed by atoms with E-state index in [2.05, 4.69) is 15.4 Å². The second kappa shape index (κ2) is 7.30. The third-order valence-corrected chi connectivity index (χ3v) is 2.70. The van der Waals surface area contributed by atoms with E-state index in [1.54, 1.807) is 0 Å². The molecule has 0 amide bonds. The summed E-state index contributed by atoms with van der Waals surface area (Å²) < 4.78 is 1.81. The number of para-hydroxylation sites is 1. The monoisotopic (exact) mass is 273 g/mol. The molecule has 0 spiro atoms. The summed E-state index contributed by atoms with van der Waals surface area (Å²) in [6.45, 7) is 0.987. The van der Waals surface area contributed by atoms with E-state index in [-0.39, 0.29) is 6.61 Å². The van der Waals surface area contributed by atoms with Crippen LogP contribution in [-0.2, 0) is 6.54 Å². The molecule has 20 heavy (non-hydrogen) atoms. The first kappa shape index (κ1) is 14.1. The first-order valence-electron chi connectivity index (χ1n) is 6.58. The van der Waals surface area contributed by atoms with Gasteiger partial charge in [-0.1, -0.05) is 18.2 Å². The van der Waals surface area contributed by atoms with Crippen LogP contribution in [0.5, 0.6) is 0 Å². The maximum atomic E-state index is 8.73. The summed E-state index contributed by atoms with van der Waals surface area (Å²) in [4.78, 5) is 4.24. The number of benzene rings is 1. The average Bonchev–Trinajstić information content (AvgIpc) is 2.87. The molecule has 0 aliphatic rings. The molecule has 0 saturated carbocycles. The van der Waals surface area contributed by atoms with E-state index < -0.39 is 0 Å². The number of guanidine groups is 1. The number of nitrogens with one attached hydrogen (secondary N) is 1. The molecule has 4 N–H and O–H groups in total. The lowest BCUT2D eigenvalue weighted by Crippen LogP contribution is -2.22. The Morgan fingerprint density at radius 1 is 1.25 bits per heavy atom. The number of aliphatic hydroxyl groups excluding tert-OH is 1. The Labute approximate surface area is 117 Å². The molecule has 2 aromatic rings. The molecule has 0 atom stereocenters. The summed E-state index contributed by atoms with van der Waals surface area (Å²) >= 11 is 0. The maximum Gasteiger partial charge on any atom is 0.199 e. The number of hydrogen-bond donors (Lipinski definition) is 3. The van der Waals surface area contributed by atoms with E-state index in [1.807, 2.05) is 47.3 Å². The molecule has 0 fully saturated rings. The number of hydrogen-bond acceptors (Lipinski definition) is 3. The van der Waals surface area contributed by atoms with Crippen molar-refractivity contribution in [3.05, 3.63) is 42.6 Å². The second-order valence-corrected chi connectivity index (χ2v) is 4.35. The highest BCUT2D eigenvalue weighted by molar-refractivity contribution is 5.93. The van der Waals surface area contributed by atoms with Gasteiger partial charge in [-0.15, -0.1) is 0 Å². The first-order chi connectivity index (χ1) is 9.78. The minimum Gasteiger partial charge on any atom is -0.396 e. The van der Waals surface area contributed by atoms with Gasteiger partial charge in [-0.2, -0.15) is 5.10 Å². The van der Waals surface area contributed by atoms with Crippen molar-refractivity contribution in [2.75, 3.05) is 11.9 Å². The van der Waals surface area contributed by atoms with Crippen molar-refractivity contribution in [1.29, 1.82) is 0 Å². The molecule has 6 heteroatoms. The molecule has 2 rings (SSSR count). The third kappa shape index (κ3) is 4.40. The van der Waals surface area contributed by atoms with Crippen LogP contribution in [0.3, 0.4) is 0 Å². The normalized spacial score (nSPS) is 11.6. The Morgan fingerprint density at radius 3 is 2.80 bits per heavy atom. The molecule has 106 valence electrons. The van der Waals surface area contributed by atoms with Gasteiger partial charge in [0.15, 0.2) is 11.8 Å². The number of unbranched alkanes of at least 4 members (excludes halogenated alkanes) is 1. The van der Waals surface area contributed by atoms with Crippen LogP contribution in [-0.4, -0.2) is 27.5 Å². The van der Waals surface area contributed by atoms with Gasteiger partial charge in [0.05, 0.1) is 5.69 Å². The fraction of sp³-hybridized carbons (Fsp3) is 0.286. The van der Waals surface area contributed by atoms with E-state index in [9.17, 15) is 0 Å². The summed E-state index contributed by atoms with van der Waals surface area (Å²) in [5.41, 5.74) is 6.62. The zero-order valence-corrected chi connectivity index (χ0v) is 11.2. The fourth-order valence-corrected chi connectivity index (χ4v) is 1.74. The van der Waals surface area contributed by atoms with Crippen LogP contribution in [0.2, 0.25) is 0 Å². The van der Waals surface area contributed by atoms with Gasteiger partial charge in [0.2, 0.25) is 0 Å². The first-order valence-corrected chi connectivity index (χ1v) is 6.58. The summed E-state index contributed by atoms with van der Waals surface area (Å²) in [5, 5.41) is 16.0. The van der Waals surface area contributed by atoms with Crippen molar-refractivity contribution in [2.24, 2.45) is 10.7 Å². The number of aromatic nitrogens is 2. The molecule has 0 bridgehead atoms. The van der Waals surface area contributed by atoms with Gasteiger partial charge >= 0.3 is 0 Å². The lowest BCUT2D eigenvalue weighted by molar-refractivity contribution is 0.280. The topological polar surface area (TPSA) is 88.5 Å². The Bertz CT molecular complexity index is 550. The van der Waals surface area contributed by atoms with Crippen molar-refractivity contribution in [2.45, 2.75) is 19.4 Å². The fourth-order valence-electron chi connectivity index (χ4n) is 1.74. The number of rotatable bonds is 6. The molecule has 6 nitrogen and oxygen atoms in total. The summed E-state index contributed by atoms with van der Waals surface area (Å²) in [6, 6.07) is 11.3. The van der Waals surface area contributed by atoms with E-state index in [1.165, 1.54) is 0 Å². The van der Waals surface area contributed by atoms with Gasteiger partial charge in [-0.25, -0.2) is 4.99 Å². The largest absolute Gasteiger partial charge is 0.396 e. The van der Waals surface area contributed by atoms with Crippen molar-refractivity contribution >= 4 is 17.5 Å². The lowest BCUT2D eigenvalue weighted by atomic mass is 10.3. The van der Waals surface area contributed by atoms with Crippen molar-refractivity contribution in [3.63, 3.8) is 0 Å². The van der Waals surface area contributed by atoms with Gasteiger partial charge in [-0.05, 0) is 25.0 Å². The van der Waals surface area contributed by atoms with Gasteiger partial charge < -0.3 is 16.2 Å². The lowest BCUT2D eigenvalue weighted by Gasteiger charge is -2.02. The van der Waals surface area contributed by atoms with Gasteiger partial charge in [0.1, 0.15) is 0 Å². The van der Waals surface area contributed by atoms with Gasteiger partial charge in [0.25, 0.3) is 0 Å². The molecule has 1 heterocycles. The smallest absolute Gasteiger partial charge is 0.199 e. The molecular formula is C14H19N5O. The highest BCUT2D eigenvalue weighted by Gasteiger charge is 2.00. The number of nitrogens with two attached hydrogens (primary N) is 1. The van der Waals surface area contributed by atoms with Gasteiger partial charge in [-0.3, -0.25) is 4.68 Å². The Hall–Kier alpha value is -2.34. The zero-order valence-electron chi connectivity index (χ0n) is 11.2. The van der Waals surface area contributed by atoms with E-state index in [0.717, 1.165) is 25.1 Å². The van der Waals surface area contributed by atoms with Crippen LogP contribution in [0.1, 0.15) is 12.8 Å². The molecule has 1 aromatic heterocycles. The number of aliphatic hydroxyl groups is 1. The predicted octanol–water partition coefficient (Wildman–Crippen LogP) is 1.71. The minimum atomic E-state index is 0.211. The predicted molar refractivity (Wildman–Crippen MR) is 79.9 cm³/mol. The maximum absolute atomic E-state index is 8.73. The van der Waals surface area contributed by atoms with Crippen molar-refractivity contribution in [3.8, 4) is 0 Å². The van der Waals surface area contributed by atoms with Crippen LogP contribution in [0.25, 0.3) is 0 Å². The SMILES string of the molecule is N/C(=N/c1ccccc1)Nc1ccn(CCCCO)n1. The molecule has 0 unspecified atom stereocenters. The van der Waals surface area contributed by atoms with Crippen molar-refractivity contribution in [1.82, 2.24) is 9.78 Å². The summed E-state index contributed by atoms with van der Waals surface area (Å²) in [7, 11) is 0. The standard InChI is InChI=1S/C14H19N5O/c15-14(16-12-6-2-1-3-7-12)17-13-8-10-19(18-13)9-4-5-11-20/h1-3,6-8,10,20H,4-5,9,11H2,(H3,15,16,17,18). The Kier molecular flexibility index (Phi) is 5.14. The average molecular weight is 273 g/mol. The molecular weight excluding hydrogens is 254 g/mol. The van der Waals surface area contributed by atoms with Crippen LogP contribution >= 0.6 is 0 Å². The summed E-state index contributed by atoms with van der Waals surface area (Å²) in [6.07, 6.45) is 3.54. The second-order valence-electron chi connectivity index (χ2n) is 4.35. The third-order valence-electron chi connectivity index (χ3n) is 2.70. The zero-order chi connectivity index (χ0) is 14.2. The quantitative estimate of drug-likeness (QED) is 0.425. The number of nitrogens with zero attached hydrogens (tertiary/aromatic N) is 3. The molecule has 0 radical (unpaired) electrons. The highest BCUT2D eigenvalue weighted by Crippen LogP contribution is 2.10. The van der Waals surface area contributed by atoms with Crippen LogP contribution in [0, 0.1) is 0 Å². The number of aliphatic imine (C=N–C) groups is 1. The van der Waals surface area contributed by atoms with E-state index in [4.69, 9.17) is 10.8 Å². The van der Waals surface area contributed by atoms with Gasteiger partial charge in [0, 0.05) is 25.4 Å². The number of anilines is 1. The molecule has 0 saturated heterocycles. The Balaban J connectivity index is 1.91. The van der Waals surface area contributed by atoms with Crippen molar-refractivity contribution < 1.29 is 5.11 Å². The Morgan fingerprint density at radius 2 is 2.05 bits per heavy atom. The van der Waals surface area contributed by atoms with E-state index >= 15 is 0 Å². The summed E-state index contributed by atoms with van der Waals surface area (Å²) in [5.74, 6) is 0.961. The minimum absolute atomic E-state index is 0.211. The molecule has 0 aliphatic carbocycles. The highest BCUT2D eigenvalue weighted by atomic mass is 16.2. The molecule has 1 aromatic carbocycles.